The predicted molar refractivity (Wildman–Crippen MR) is 52.2 cm³/mol. The molecule has 11 heteroatoms. The second-order valence-electron chi connectivity index (χ2n) is 3.90. The minimum absolute atomic E-state index is 0.688. The van der Waals surface area contributed by atoms with Crippen LogP contribution in [0.3, 0.4) is 0 Å². The summed E-state index contributed by atoms with van der Waals surface area (Å²) in [5.74, 6) is -4.74. The molecule has 0 aromatic carbocycles. The average molecular weight is 275 g/mol. The van der Waals surface area contributed by atoms with E-state index < -0.39 is 55.9 Å². The Hall–Kier alpha value is -2.14. The molecule has 2 saturated heterocycles. The Kier molecular flexibility index (Phi) is 3.16. The van der Waals surface area contributed by atoms with Gasteiger partial charge in [0, 0.05) is 0 Å². The third-order valence-corrected chi connectivity index (χ3v) is 2.43. The Morgan fingerprint density at radius 2 is 1.32 bits per heavy atom. The maximum atomic E-state index is 11.3. The molecule has 10 nitrogen and oxygen atoms in total. The molecule has 2 atom stereocenters. The van der Waals surface area contributed by atoms with Crippen LogP contribution in [0.4, 0.5) is 0 Å². The second kappa shape index (κ2) is 4.51. The zero-order valence-corrected chi connectivity index (χ0v) is 9.31. The molecule has 0 amide bonds. The summed E-state index contributed by atoms with van der Waals surface area (Å²) in [5, 5.41) is 17.1. The molecule has 1 spiro atoms. The summed E-state index contributed by atoms with van der Waals surface area (Å²) in [6, 6.07) is 0. The van der Waals surface area contributed by atoms with Gasteiger partial charge >= 0.3 is 18.9 Å². The van der Waals surface area contributed by atoms with Gasteiger partial charge in [0.25, 0.3) is 11.9 Å². The molecule has 2 fully saturated rings. The maximum absolute atomic E-state index is 11.3. The highest BCUT2D eigenvalue weighted by Crippen LogP contribution is 2.32. The average Bonchev–Trinajstić information content (AvgIpc) is 2.67. The Bertz CT molecular complexity index is 416. The number of hydrogen-bond donors (Lipinski definition) is 2. The van der Waals surface area contributed by atoms with Gasteiger partial charge < -0.3 is 28.8 Å². The molecular weight excluding hydrogens is 267 g/mol. The number of aliphatic carboxylic acids is 2. The summed E-state index contributed by atoms with van der Waals surface area (Å²) in [5.41, 5.74) is 0. The lowest BCUT2D eigenvalue weighted by Crippen LogP contribution is -2.41. The molecule has 19 heavy (non-hydrogen) atoms. The van der Waals surface area contributed by atoms with Gasteiger partial charge in [-0.05, 0) is 0 Å². The number of carbonyl (C=O) groups excluding carboxylic acids is 2. The molecule has 2 rings (SSSR count). The number of hydrogen-bond acceptors (Lipinski definition) is 8. The van der Waals surface area contributed by atoms with E-state index in [1.807, 2.05) is 0 Å². The fourth-order valence-electron chi connectivity index (χ4n) is 1.70. The highest BCUT2D eigenvalue weighted by atomic mass is 16.9. The molecule has 2 aliphatic heterocycles. The molecular formula is C8H8BO10-. The quantitative estimate of drug-likeness (QED) is 0.566. The Morgan fingerprint density at radius 1 is 0.947 bits per heavy atom. The maximum Gasteiger partial charge on any atom is 0.657 e. The highest BCUT2D eigenvalue weighted by Gasteiger charge is 2.57. The van der Waals surface area contributed by atoms with Crippen molar-refractivity contribution in [3.05, 3.63) is 0 Å². The van der Waals surface area contributed by atoms with Crippen molar-refractivity contribution >= 4 is 30.8 Å². The molecule has 2 aliphatic rings. The van der Waals surface area contributed by atoms with E-state index in [2.05, 4.69) is 9.31 Å². The first-order chi connectivity index (χ1) is 8.81. The fourth-order valence-corrected chi connectivity index (χ4v) is 1.70. The van der Waals surface area contributed by atoms with E-state index >= 15 is 0 Å². The lowest BCUT2D eigenvalue weighted by molar-refractivity contribution is -0.145. The molecule has 0 radical (unpaired) electrons. The third-order valence-electron chi connectivity index (χ3n) is 2.43. The fraction of sp³-hybridized carbons (Fsp3) is 0.500. The van der Waals surface area contributed by atoms with E-state index in [4.69, 9.17) is 19.5 Å². The lowest BCUT2D eigenvalue weighted by atomic mass is 10.1. The summed E-state index contributed by atoms with van der Waals surface area (Å²) in [6.07, 6.45) is -4.30. The molecule has 0 saturated carbocycles. The monoisotopic (exact) mass is 275 g/mol. The van der Waals surface area contributed by atoms with Gasteiger partial charge in [-0.15, -0.1) is 0 Å². The Labute approximate surface area is 105 Å². The van der Waals surface area contributed by atoms with Crippen LogP contribution in [0.15, 0.2) is 0 Å². The van der Waals surface area contributed by atoms with Crippen molar-refractivity contribution in [2.45, 2.75) is 25.0 Å². The molecule has 2 unspecified atom stereocenters. The molecule has 2 N–H and O–H groups in total. The first kappa shape index (κ1) is 13.3. The topological polar surface area (TPSA) is 146 Å². The van der Waals surface area contributed by atoms with Crippen molar-refractivity contribution in [1.82, 2.24) is 0 Å². The SMILES string of the molecule is O=C(O)CC1O[B-]2(OC1=O)OC(=O)C(CC(=O)O)O2. The van der Waals surface area contributed by atoms with Gasteiger partial charge in [-0.1, -0.05) is 0 Å². The molecule has 0 aromatic heterocycles. The van der Waals surface area contributed by atoms with Crippen LogP contribution in [0.2, 0.25) is 0 Å². The summed E-state index contributed by atoms with van der Waals surface area (Å²) >= 11 is 0. The van der Waals surface area contributed by atoms with Gasteiger partial charge in [0.1, 0.15) is 12.2 Å². The van der Waals surface area contributed by atoms with Crippen LogP contribution in [0, 0.1) is 0 Å². The minimum atomic E-state index is -3.20. The normalized spacial score (nSPS) is 33.3. The third kappa shape index (κ3) is 2.66. The summed E-state index contributed by atoms with van der Waals surface area (Å²) in [6.45, 7) is -3.20. The van der Waals surface area contributed by atoms with E-state index in [9.17, 15) is 19.2 Å². The van der Waals surface area contributed by atoms with Crippen LogP contribution < -0.4 is 0 Å². The summed E-state index contributed by atoms with van der Waals surface area (Å²) in [4.78, 5) is 43.6. The van der Waals surface area contributed by atoms with Crippen molar-refractivity contribution in [1.29, 1.82) is 0 Å². The first-order valence-electron chi connectivity index (χ1n) is 5.19. The molecule has 0 aliphatic carbocycles. The van der Waals surface area contributed by atoms with Gasteiger partial charge in [0.2, 0.25) is 0 Å². The number of carboxylic acids is 2. The van der Waals surface area contributed by atoms with Crippen LogP contribution in [0.25, 0.3) is 0 Å². The Balaban J connectivity index is 2.06. The van der Waals surface area contributed by atoms with Crippen molar-refractivity contribution < 1.29 is 48.0 Å². The number of carboxylic acid groups (broad SMARTS) is 2. The van der Waals surface area contributed by atoms with Gasteiger partial charge in [-0.2, -0.15) is 0 Å². The zero-order chi connectivity index (χ0) is 14.2. The van der Waals surface area contributed by atoms with Gasteiger partial charge in [0.15, 0.2) is 0 Å². The van der Waals surface area contributed by atoms with Crippen molar-refractivity contribution in [3.63, 3.8) is 0 Å². The van der Waals surface area contributed by atoms with Gasteiger partial charge in [-0.25, -0.2) is 0 Å². The van der Waals surface area contributed by atoms with E-state index in [-0.39, 0.29) is 0 Å². The second-order valence-corrected chi connectivity index (χ2v) is 3.90. The Morgan fingerprint density at radius 3 is 1.63 bits per heavy atom. The minimum Gasteiger partial charge on any atom is -0.606 e. The zero-order valence-electron chi connectivity index (χ0n) is 9.31. The van der Waals surface area contributed by atoms with Crippen LogP contribution in [0.5, 0.6) is 0 Å². The standard InChI is InChI=1S/C8H8BO10/c10-5(11)1-3-7(14)18-9(16-3)17-4(2-6(12)13)8(15)19-9/h3-4H,1-2H2,(H,10,11)(H,12,13)/q-1. The van der Waals surface area contributed by atoms with Crippen molar-refractivity contribution in [2.75, 3.05) is 0 Å². The smallest absolute Gasteiger partial charge is 0.606 e. The molecule has 0 aromatic rings. The summed E-state index contributed by atoms with van der Waals surface area (Å²) < 4.78 is 18.9. The van der Waals surface area contributed by atoms with Crippen LogP contribution in [0.1, 0.15) is 12.8 Å². The van der Waals surface area contributed by atoms with Crippen LogP contribution in [-0.4, -0.2) is 53.3 Å². The number of carbonyl (C=O) groups is 4. The van der Waals surface area contributed by atoms with E-state index in [0.29, 0.717) is 0 Å². The van der Waals surface area contributed by atoms with Gasteiger partial charge in [-0.3, -0.25) is 19.2 Å². The predicted octanol–water partition coefficient (Wildman–Crippen LogP) is -1.74. The van der Waals surface area contributed by atoms with Crippen molar-refractivity contribution in [3.8, 4) is 0 Å². The summed E-state index contributed by atoms with van der Waals surface area (Å²) in [7, 11) is 0. The van der Waals surface area contributed by atoms with E-state index in [1.54, 1.807) is 0 Å². The van der Waals surface area contributed by atoms with E-state index in [1.165, 1.54) is 0 Å². The lowest BCUT2D eigenvalue weighted by Gasteiger charge is -2.25. The van der Waals surface area contributed by atoms with E-state index in [0.717, 1.165) is 0 Å². The van der Waals surface area contributed by atoms with Gasteiger partial charge in [0.05, 0.1) is 12.8 Å². The van der Waals surface area contributed by atoms with Crippen LogP contribution in [-0.2, 0) is 37.8 Å². The highest BCUT2D eigenvalue weighted by molar-refractivity contribution is 6.61. The molecule has 0 bridgehead atoms. The first-order valence-corrected chi connectivity index (χ1v) is 5.19. The van der Waals surface area contributed by atoms with Crippen molar-refractivity contribution in [2.24, 2.45) is 0 Å². The number of rotatable bonds is 4. The molecule has 2 heterocycles. The molecule has 104 valence electrons. The van der Waals surface area contributed by atoms with Crippen LogP contribution >= 0.6 is 0 Å². The largest absolute Gasteiger partial charge is 0.657 e.